The van der Waals surface area contributed by atoms with Crippen molar-refractivity contribution in [2.45, 2.75) is 38.1 Å². The van der Waals surface area contributed by atoms with Gasteiger partial charge in [0.25, 0.3) is 0 Å². The van der Waals surface area contributed by atoms with Crippen LogP contribution in [-0.2, 0) is 0 Å². The number of rotatable bonds is 5. The lowest BCUT2D eigenvalue weighted by Gasteiger charge is -2.23. The summed E-state index contributed by atoms with van der Waals surface area (Å²) in [4.78, 5) is 8.95. The maximum Gasteiger partial charge on any atom is 0.225 e. The van der Waals surface area contributed by atoms with Crippen molar-refractivity contribution >= 4 is 17.5 Å². The highest BCUT2D eigenvalue weighted by Gasteiger charge is 2.18. The standard InChI is InChI=1S/C22H21F3N4/c23-16-11-12-17(24)21(20(16)25)28-19-13-18(14-7-3-1-4-8-14)27-22(29-19)26-15-9-5-2-6-10-15/h1,3-4,7-8,11-13,15H,2,5-6,9-10H2,(H2,26,27,28,29). The molecule has 1 aliphatic carbocycles. The highest BCUT2D eigenvalue weighted by atomic mass is 19.2. The molecule has 2 N–H and O–H groups in total. The summed E-state index contributed by atoms with van der Waals surface area (Å²) in [5.41, 5.74) is 0.856. The Morgan fingerprint density at radius 1 is 0.828 bits per heavy atom. The van der Waals surface area contributed by atoms with Crippen LogP contribution in [0.5, 0.6) is 0 Å². The monoisotopic (exact) mass is 398 g/mol. The van der Waals surface area contributed by atoms with Crippen molar-refractivity contribution in [3.63, 3.8) is 0 Å². The fourth-order valence-electron chi connectivity index (χ4n) is 3.53. The van der Waals surface area contributed by atoms with Gasteiger partial charge in [-0.05, 0) is 25.0 Å². The highest BCUT2D eigenvalue weighted by molar-refractivity contribution is 5.67. The van der Waals surface area contributed by atoms with Gasteiger partial charge in [-0.2, -0.15) is 4.98 Å². The lowest BCUT2D eigenvalue weighted by atomic mass is 9.96. The number of anilines is 3. The van der Waals surface area contributed by atoms with Crippen LogP contribution in [0.25, 0.3) is 11.3 Å². The summed E-state index contributed by atoms with van der Waals surface area (Å²) in [6, 6.07) is 12.9. The van der Waals surface area contributed by atoms with Crippen LogP contribution in [0.2, 0.25) is 0 Å². The number of nitrogens with one attached hydrogen (secondary N) is 2. The summed E-state index contributed by atoms with van der Waals surface area (Å²) in [6.45, 7) is 0. The molecule has 1 aromatic heterocycles. The van der Waals surface area contributed by atoms with Crippen molar-refractivity contribution in [3.8, 4) is 11.3 Å². The zero-order chi connectivity index (χ0) is 20.2. The molecule has 0 aliphatic heterocycles. The Morgan fingerprint density at radius 2 is 1.55 bits per heavy atom. The van der Waals surface area contributed by atoms with E-state index < -0.39 is 23.1 Å². The summed E-state index contributed by atoms with van der Waals surface area (Å²) in [5, 5.41) is 5.92. The fourth-order valence-corrected chi connectivity index (χ4v) is 3.53. The summed E-state index contributed by atoms with van der Waals surface area (Å²) in [7, 11) is 0. The van der Waals surface area contributed by atoms with E-state index in [0.717, 1.165) is 43.4 Å². The molecule has 0 bridgehead atoms. The number of benzene rings is 2. The van der Waals surface area contributed by atoms with Crippen molar-refractivity contribution in [3.05, 3.63) is 66.0 Å². The van der Waals surface area contributed by atoms with Crippen LogP contribution in [0, 0.1) is 17.5 Å². The number of halogens is 3. The van der Waals surface area contributed by atoms with Crippen LogP contribution < -0.4 is 10.6 Å². The van der Waals surface area contributed by atoms with Gasteiger partial charge >= 0.3 is 0 Å². The van der Waals surface area contributed by atoms with E-state index in [4.69, 9.17) is 0 Å². The second-order valence-corrected chi connectivity index (χ2v) is 7.15. The third-order valence-electron chi connectivity index (χ3n) is 5.03. The minimum Gasteiger partial charge on any atom is -0.351 e. The zero-order valence-electron chi connectivity index (χ0n) is 15.8. The molecule has 0 saturated heterocycles. The van der Waals surface area contributed by atoms with Gasteiger partial charge in [-0.25, -0.2) is 18.2 Å². The maximum atomic E-state index is 14.1. The second-order valence-electron chi connectivity index (χ2n) is 7.15. The molecule has 7 heteroatoms. The molecule has 1 heterocycles. The molecule has 0 spiro atoms. The van der Waals surface area contributed by atoms with E-state index >= 15 is 0 Å². The van der Waals surface area contributed by atoms with Gasteiger partial charge in [-0.3, -0.25) is 0 Å². The van der Waals surface area contributed by atoms with Gasteiger partial charge in [-0.1, -0.05) is 49.6 Å². The summed E-state index contributed by atoms with van der Waals surface area (Å²) in [5.74, 6) is -2.76. The molecule has 4 rings (SSSR count). The van der Waals surface area contributed by atoms with E-state index in [1.165, 1.54) is 6.42 Å². The molecular weight excluding hydrogens is 377 g/mol. The smallest absolute Gasteiger partial charge is 0.225 e. The van der Waals surface area contributed by atoms with E-state index in [0.29, 0.717) is 11.6 Å². The Kier molecular flexibility index (Phi) is 5.64. The van der Waals surface area contributed by atoms with Gasteiger partial charge < -0.3 is 10.6 Å². The highest BCUT2D eigenvalue weighted by Crippen LogP contribution is 2.28. The first-order chi connectivity index (χ1) is 14.1. The molecule has 2 aromatic carbocycles. The molecule has 1 fully saturated rings. The van der Waals surface area contributed by atoms with Crippen molar-refractivity contribution in [1.82, 2.24) is 9.97 Å². The fraction of sp³-hybridized carbons (Fsp3) is 0.273. The first-order valence-corrected chi connectivity index (χ1v) is 9.72. The number of hydrogen-bond acceptors (Lipinski definition) is 4. The molecule has 1 saturated carbocycles. The van der Waals surface area contributed by atoms with Gasteiger partial charge in [0.05, 0.1) is 5.69 Å². The van der Waals surface area contributed by atoms with E-state index in [2.05, 4.69) is 20.6 Å². The Morgan fingerprint density at radius 3 is 2.31 bits per heavy atom. The largest absolute Gasteiger partial charge is 0.351 e. The molecule has 0 unspecified atom stereocenters. The van der Waals surface area contributed by atoms with Gasteiger partial charge in [0.1, 0.15) is 17.3 Å². The summed E-state index contributed by atoms with van der Waals surface area (Å²) < 4.78 is 41.8. The molecule has 150 valence electrons. The normalized spacial score (nSPS) is 14.6. The maximum absolute atomic E-state index is 14.1. The molecule has 29 heavy (non-hydrogen) atoms. The summed E-state index contributed by atoms with van der Waals surface area (Å²) in [6.07, 6.45) is 5.54. The molecule has 0 radical (unpaired) electrons. The third kappa shape index (κ3) is 4.50. The lowest BCUT2D eigenvalue weighted by molar-refractivity contribution is 0.461. The van der Waals surface area contributed by atoms with E-state index in [-0.39, 0.29) is 11.9 Å². The average Bonchev–Trinajstić information content (AvgIpc) is 2.75. The second kappa shape index (κ2) is 8.51. The molecule has 4 nitrogen and oxygen atoms in total. The molecule has 0 atom stereocenters. The lowest BCUT2D eigenvalue weighted by Crippen LogP contribution is -2.23. The van der Waals surface area contributed by atoms with Crippen molar-refractivity contribution in [1.29, 1.82) is 0 Å². The Labute approximate surface area is 167 Å². The molecule has 0 amide bonds. The van der Waals surface area contributed by atoms with Gasteiger partial charge in [0, 0.05) is 17.7 Å². The van der Waals surface area contributed by atoms with E-state index in [9.17, 15) is 13.2 Å². The predicted molar refractivity (Wildman–Crippen MR) is 108 cm³/mol. The zero-order valence-corrected chi connectivity index (χ0v) is 15.8. The van der Waals surface area contributed by atoms with Crippen LogP contribution in [0.4, 0.5) is 30.6 Å². The third-order valence-corrected chi connectivity index (χ3v) is 5.03. The van der Waals surface area contributed by atoms with Crippen LogP contribution >= 0.6 is 0 Å². The Balaban J connectivity index is 1.70. The van der Waals surface area contributed by atoms with Crippen molar-refractivity contribution in [2.24, 2.45) is 0 Å². The molecular formula is C22H21F3N4. The number of nitrogens with zero attached hydrogens (tertiary/aromatic N) is 2. The Bertz CT molecular complexity index is 989. The van der Waals surface area contributed by atoms with Gasteiger partial charge in [0.2, 0.25) is 5.95 Å². The van der Waals surface area contributed by atoms with Crippen LogP contribution in [0.1, 0.15) is 32.1 Å². The molecule has 1 aliphatic rings. The summed E-state index contributed by atoms with van der Waals surface area (Å²) >= 11 is 0. The predicted octanol–water partition coefficient (Wildman–Crippen LogP) is 6.05. The topological polar surface area (TPSA) is 49.8 Å². The van der Waals surface area contributed by atoms with Gasteiger partial charge in [0.15, 0.2) is 11.6 Å². The SMILES string of the molecule is Fc1ccc(F)c(Nc2cc(-c3ccccc3)nc(NC3CCCCC3)n2)c1F. The minimum absolute atomic E-state index is 0.181. The number of aromatic nitrogens is 2. The first-order valence-electron chi connectivity index (χ1n) is 9.72. The van der Waals surface area contributed by atoms with Crippen LogP contribution in [0.15, 0.2) is 48.5 Å². The van der Waals surface area contributed by atoms with Crippen LogP contribution in [-0.4, -0.2) is 16.0 Å². The molecule has 3 aromatic rings. The number of hydrogen-bond donors (Lipinski definition) is 2. The van der Waals surface area contributed by atoms with Gasteiger partial charge in [-0.15, -0.1) is 0 Å². The minimum atomic E-state index is -1.29. The van der Waals surface area contributed by atoms with Crippen LogP contribution in [0.3, 0.4) is 0 Å². The van der Waals surface area contributed by atoms with E-state index in [1.807, 2.05) is 30.3 Å². The first kappa shape index (κ1) is 19.2. The average molecular weight is 398 g/mol. The van der Waals surface area contributed by atoms with Crippen molar-refractivity contribution in [2.75, 3.05) is 10.6 Å². The van der Waals surface area contributed by atoms with E-state index in [1.54, 1.807) is 6.07 Å². The van der Waals surface area contributed by atoms with Crippen molar-refractivity contribution < 1.29 is 13.2 Å². The Hall–Kier alpha value is -3.09. The quantitative estimate of drug-likeness (QED) is 0.514.